The predicted octanol–water partition coefficient (Wildman–Crippen LogP) is 3.16. The molecule has 1 aliphatic heterocycles. The molecule has 0 spiro atoms. The molecule has 9 heteroatoms. The summed E-state index contributed by atoms with van der Waals surface area (Å²) in [6, 6.07) is 2.03. The van der Waals surface area contributed by atoms with Crippen molar-refractivity contribution in [2.75, 3.05) is 6.61 Å². The minimum atomic E-state index is -1.20. The molecule has 0 saturated carbocycles. The smallest absolute Gasteiger partial charge is 0.408 e. The molecule has 1 amide bonds. The number of pyridine rings is 1. The van der Waals surface area contributed by atoms with Crippen molar-refractivity contribution in [2.24, 2.45) is 0 Å². The Labute approximate surface area is 163 Å². The molecule has 2 unspecified atom stereocenters. The molecule has 0 aromatic carbocycles. The average Bonchev–Trinajstić information content (AvgIpc) is 2.56. The molecule has 1 fully saturated rings. The van der Waals surface area contributed by atoms with Crippen molar-refractivity contribution in [3.8, 4) is 5.75 Å². The van der Waals surface area contributed by atoms with Crippen LogP contribution in [-0.2, 0) is 20.7 Å². The van der Waals surface area contributed by atoms with E-state index >= 15 is 0 Å². The first-order valence-electron chi connectivity index (χ1n) is 8.80. The predicted molar refractivity (Wildman–Crippen MR) is 98.0 cm³/mol. The number of ether oxygens (including phenoxy) is 3. The third-order valence-electron chi connectivity index (χ3n) is 3.67. The van der Waals surface area contributed by atoms with Crippen LogP contribution in [0.1, 0.15) is 45.7 Å². The number of carboxylic acids is 1. The number of carbonyl (C=O) groups excluding carboxylic acids is 1. The number of halogens is 1. The number of aliphatic carboxylic acids is 1. The van der Waals surface area contributed by atoms with E-state index in [9.17, 15) is 14.7 Å². The Bertz CT molecular complexity index is 670. The summed E-state index contributed by atoms with van der Waals surface area (Å²) in [5, 5.41) is 11.8. The number of nitrogens with zero attached hydrogens (tertiary/aromatic N) is 1. The van der Waals surface area contributed by atoms with Gasteiger partial charge in [0.25, 0.3) is 0 Å². The van der Waals surface area contributed by atoms with Crippen molar-refractivity contribution in [3.05, 3.63) is 23.0 Å². The van der Waals surface area contributed by atoms with Crippen LogP contribution >= 0.6 is 11.6 Å². The summed E-state index contributed by atoms with van der Waals surface area (Å²) >= 11 is 6.15. The minimum absolute atomic E-state index is 0.0471. The Balaban J connectivity index is 2.00. The summed E-state index contributed by atoms with van der Waals surface area (Å²) in [5.74, 6) is -0.825. The lowest BCUT2D eigenvalue weighted by Crippen LogP contribution is -2.44. The van der Waals surface area contributed by atoms with Crippen LogP contribution in [0.5, 0.6) is 5.75 Å². The fourth-order valence-electron chi connectivity index (χ4n) is 2.47. The first kappa shape index (κ1) is 21.2. The summed E-state index contributed by atoms with van der Waals surface area (Å²) in [6.45, 7) is 5.72. The summed E-state index contributed by atoms with van der Waals surface area (Å²) < 4.78 is 16.3. The highest BCUT2D eigenvalue weighted by Crippen LogP contribution is 2.26. The molecule has 0 radical (unpaired) electrons. The van der Waals surface area contributed by atoms with Crippen molar-refractivity contribution in [3.63, 3.8) is 0 Å². The number of carboxylic acid groups (broad SMARTS) is 1. The molecule has 2 rings (SSSR count). The molecule has 0 aliphatic carbocycles. The van der Waals surface area contributed by atoms with Crippen LogP contribution in [0, 0.1) is 0 Å². The summed E-state index contributed by atoms with van der Waals surface area (Å²) in [7, 11) is 0. The first-order valence-corrected chi connectivity index (χ1v) is 9.18. The van der Waals surface area contributed by atoms with Gasteiger partial charge in [-0.05, 0) is 45.7 Å². The standard InChI is InChI=1S/C18H25ClN2O6/c1-18(2,3)27-17(24)21-12(16(22)23)10-11-7-8-13(15(19)20-11)26-14-6-4-5-9-25-14/h7-8,12,14H,4-6,9-10H2,1-3H3,(H,21,24)(H,22,23). The second-order valence-electron chi connectivity index (χ2n) is 7.25. The van der Waals surface area contributed by atoms with Crippen LogP contribution in [0.3, 0.4) is 0 Å². The Kier molecular flexibility index (Phi) is 7.26. The number of nitrogens with one attached hydrogen (secondary N) is 1. The average molecular weight is 401 g/mol. The molecule has 1 aromatic rings. The number of hydrogen-bond donors (Lipinski definition) is 2. The number of rotatable bonds is 6. The third-order valence-corrected chi connectivity index (χ3v) is 3.94. The van der Waals surface area contributed by atoms with Gasteiger partial charge in [-0.25, -0.2) is 14.6 Å². The van der Waals surface area contributed by atoms with Gasteiger partial charge in [-0.15, -0.1) is 0 Å². The van der Waals surface area contributed by atoms with Crippen LogP contribution in [-0.4, -0.2) is 46.7 Å². The SMILES string of the molecule is CC(C)(C)OC(=O)NC(Cc1ccc(OC2CCCCO2)c(Cl)n1)C(=O)O. The molecule has 2 heterocycles. The highest BCUT2D eigenvalue weighted by atomic mass is 35.5. The molecule has 1 saturated heterocycles. The van der Waals surface area contributed by atoms with Crippen molar-refractivity contribution >= 4 is 23.7 Å². The van der Waals surface area contributed by atoms with Crippen molar-refractivity contribution in [1.29, 1.82) is 0 Å². The number of hydrogen-bond acceptors (Lipinski definition) is 6. The summed E-state index contributed by atoms with van der Waals surface area (Å²) in [5.41, 5.74) is -0.324. The van der Waals surface area contributed by atoms with E-state index in [1.165, 1.54) is 0 Å². The fraction of sp³-hybridized carbons (Fsp3) is 0.611. The van der Waals surface area contributed by atoms with E-state index in [-0.39, 0.29) is 17.9 Å². The van der Waals surface area contributed by atoms with E-state index in [0.29, 0.717) is 18.1 Å². The maximum absolute atomic E-state index is 11.8. The lowest BCUT2D eigenvalue weighted by Gasteiger charge is -2.24. The van der Waals surface area contributed by atoms with Gasteiger partial charge in [0.2, 0.25) is 0 Å². The Hall–Kier alpha value is -2.06. The number of carbonyl (C=O) groups is 2. The largest absolute Gasteiger partial charge is 0.480 e. The second kappa shape index (κ2) is 9.23. The molecule has 8 nitrogen and oxygen atoms in total. The number of aromatic nitrogens is 1. The molecular weight excluding hydrogens is 376 g/mol. The summed E-state index contributed by atoms with van der Waals surface area (Å²) in [4.78, 5) is 27.4. The van der Waals surface area contributed by atoms with Crippen molar-refractivity contribution in [2.45, 2.75) is 64.4 Å². The zero-order chi connectivity index (χ0) is 20.0. The normalized spacial score (nSPS) is 18.4. The topological polar surface area (TPSA) is 107 Å². The van der Waals surface area contributed by atoms with E-state index in [0.717, 1.165) is 19.3 Å². The highest BCUT2D eigenvalue weighted by molar-refractivity contribution is 6.30. The van der Waals surface area contributed by atoms with Crippen molar-refractivity contribution < 1.29 is 28.9 Å². The maximum atomic E-state index is 11.8. The van der Waals surface area contributed by atoms with Crippen molar-refractivity contribution in [1.82, 2.24) is 10.3 Å². The lowest BCUT2D eigenvalue weighted by atomic mass is 10.1. The number of alkyl carbamates (subject to hydrolysis) is 1. The van der Waals surface area contributed by atoms with E-state index in [4.69, 9.17) is 25.8 Å². The highest BCUT2D eigenvalue weighted by Gasteiger charge is 2.25. The maximum Gasteiger partial charge on any atom is 0.408 e. The van der Waals surface area contributed by atoms with Gasteiger partial charge < -0.3 is 24.6 Å². The molecule has 1 aliphatic rings. The molecule has 27 heavy (non-hydrogen) atoms. The molecule has 2 N–H and O–H groups in total. The first-order chi connectivity index (χ1) is 12.6. The lowest BCUT2D eigenvalue weighted by molar-refractivity contribution is -0.139. The van der Waals surface area contributed by atoms with Crippen LogP contribution in [0.15, 0.2) is 12.1 Å². The van der Waals surface area contributed by atoms with Gasteiger partial charge in [0.05, 0.1) is 6.61 Å². The van der Waals surface area contributed by atoms with Gasteiger partial charge in [0.1, 0.15) is 11.6 Å². The van der Waals surface area contributed by atoms with E-state index < -0.39 is 23.7 Å². The van der Waals surface area contributed by atoms with Gasteiger partial charge in [0, 0.05) is 18.5 Å². The van der Waals surface area contributed by atoms with Crippen LogP contribution < -0.4 is 10.1 Å². The quantitative estimate of drug-likeness (QED) is 0.706. The second-order valence-corrected chi connectivity index (χ2v) is 7.60. The zero-order valence-electron chi connectivity index (χ0n) is 15.7. The van der Waals surface area contributed by atoms with Crippen LogP contribution in [0.4, 0.5) is 4.79 Å². The van der Waals surface area contributed by atoms with E-state index in [1.54, 1.807) is 32.9 Å². The Morgan fingerprint density at radius 2 is 2.15 bits per heavy atom. The molecule has 2 atom stereocenters. The molecule has 150 valence electrons. The monoisotopic (exact) mass is 400 g/mol. The Morgan fingerprint density at radius 3 is 2.70 bits per heavy atom. The zero-order valence-corrected chi connectivity index (χ0v) is 16.4. The summed E-state index contributed by atoms with van der Waals surface area (Å²) in [6.07, 6.45) is 1.59. The van der Waals surface area contributed by atoms with E-state index in [1.807, 2.05) is 0 Å². The van der Waals surface area contributed by atoms with Gasteiger partial charge in [-0.3, -0.25) is 0 Å². The van der Waals surface area contributed by atoms with Gasteiger partial charge in [0.15, 0.2) is 17.2 Å². The fourth-order valence-corrected chi connectivity index (χ4v) is 2.68. The Morgan fingerprint density at radius 1 is 1.41 bits per heavy atom. The van der Waals surface area contributed by atoms with E-state index in [2.05, 4.69) is 10.3 Å². The number of amides is 1. The third kappa shape index (κ3) is 7.22. The van der Waals surface area contributed by atoms with Gasteiger partial charge in [-0.2, -0.15) is 0 Å². The molecular formula is C18H25ClN2O6. The molecule has 1 aromatic heterocycles. The minimum Gasteiger partial charge on any atom is -0.480 e. The van der Waals surface area contributed by atoms with Crippen LogP contribution in [0.2, 0.25) is 5.15 Å². The van der Waals surface area contributed by atoms with Gasteiger partial charge >= 0.3 is 12.1 Å². The van der Waals surface area contributed by atoms with Crippen LogP contribution in [0.25, 0.3) is 0 Å². The molecule has 0 bridgehead atoms. The van der Waals surface area contributed by atoms with Gasteiger partial charge in [-0.1, -0.05) is 11.6 Å².